The van der Waals surface area contributed by atoms with E-state index >= 15 is 0 Å². The van der Waals surface area contributed by atoms with Gasteiger partial charge in [-0.3, -0.25) is 9.48 Å². The SMILES string of the molecule is O=C(Nc1cccc(-n2cnnn2)c1)C1CCCN(CCCn2cccn2)C1. The molecule has 1 atom stereocenters. The van der Waals surface area contributed by atoms with Crippen molar-refractivity contribution < 1.29 is 4.79 Å². The molecule has 1 aliphatic rings. The second-order valence-electron chi connectivity index (χ2n) is 7.06. The van der Waals surface area contributed by atoms with Crippen molar-refractivity contribution in [3.63, 3.8) is 0 Å². The summed E-state index contributed by atoms with van der Waals surface area (Å²) in [6, 6.07) is 9.48. The van der Waals surface area contributed by atoms with Gasteiger partial charge in [-0.15, -0.1) is 5.10 Å². The van der Waals surface area contributed by atoms with Gasteiger partial charge in [-0.05, 0) is 67.0 Å². The maximum absolute atomic E-state index is 12.8. The monoisotopic (exact) mass is 380 g/mol. The van der Waals surface area contributed by atoms with Gasteiger partial charge in [-0.25, -0.2) is 4.68 Å². The third-order valence-electron chi connectivity index (χ3n) is 5.02. The van der Waals surface area contributed by atoms with E-state index in [0.29, 0.717) is 0 Å². The van der Waals surface area contributed by atoms with Crippen molar-refractivity contribution in [2.45, 2.75) is 25.8 Å². The zero-order valence-corrected chi connectivity index (χ0v) is 15.7. The number of anilines is 1. The highest BCUT2D eigenvalue weighted by atomic mass is 16.1. The average molecular weight is 380 g/mol. The zero-order chi connectivity index (χ0) is 19.2. The molecule has 4 rings (SSSR count). The number of carbonyl (C=O) groups excluding carboxylic acids is 1. The van der Waals surface area contributed by atoms with E-state index in [1.807, 2.05) is 41.2 Å². The number of aryl methyl sites for hydroxylation is 1. The second kappa shape index (κ2) is 8.75. The minimum absolute atomic E-state index is 0.00939. The molecular formula is C19H24N8O. The highest BCUT2D eigenvalue weighted by molar-refractivity contribution is 5.93. The molecule has 0 bridgehead atoms. The fraction of sp³-hybridized carbons (Fsp3) is 0.421. The number of rotatable bonds is 7. The predicted molar refractivity (Wildman–Crippen MR) is 104 cm³/mol. The van der Waals surface area contributed by atoms with E-state index in [1.54, 1.807) is 10.9 Å². The minimum Gasteiger partial charge on any atom is -0.326 e. The number of carbonyl (C=O) groups is 1. The molecule has 0 aliphatic carbocycles. The molecule has 9 nitrogen and oxygen atoms in total. The number of hydrogen-bond acceptors (Lipinski definition) is 6. The molecule has 1 amide bonds. The lowest BCUT2D eigenvalue weighted by molar-refractivity contribution is -0.121. The Hall–Kier alpha value is -3.07. The molecule has 3 heterocycles. The van der Waals surface area contributed by atoms with E-state index in [2.05, 4.69) is 30.8 Å². The molecule has 146 valence electrons. The van der Waals surface area contributed by atoms with Crippen LogP contribution in [-0.4, -0.2) is 60.4 Å². The molecule has 1 N–H and O–H groups in total. The molecule has 0 radical (unpaired) electrons. The molecule has 1 aromatic carbocycles. The number of benzene rings is 1. The first kappa shape index (κ1) is 18.3. The van der Waals surface area contributed by atoms with Gasteiger partial charge in [0.05, 0.1) is 11.6 Å². The fourth-order valence-corrected chi connectivity index (χ4v) is 3.61. The van der Waals surface area contributed by atoms with Crippen molar-refractivity contribution in [3.05, 3.63) is 49.1 Å². The van der Waals surface area contributed by atoms with Crippen molar-refractivity contribution in [1.82, 2.24) is 34.9 Å². The Kier molecular flexibility index (Phi) is 5.72. The van der Waals surface area contributed by atoms with E-state index in [4.69, 9.17) is 0 Å². The predicted octanol–water partition coefficient (Wildman–Crippen LogP) is 1.60. The number of nitrogens with one attached hydrogen (secondary N) is 1. The summed E-state index contributed by atoms with van der Waals surface area (Å²) in [5.41, 5.74) is 1.57. The topological polar surface area (TPSA) is 93.8 Å². The summed E-state index contributed by atoms with van der Waals surface area (Å²) >= 11 is 0. The van der Waals surface area contributed by atoms with Gasteiger partial charge < -0.3 is 10.2 Å². The van der Waals surface area contributed by atoms with Gasteiger partial charge in [0, 0.05) is 31.2 Å². The molecule has 1 unspecified atom stereocenters. The van der Waals surface area contributed by atoms with Crippen LogP contribution < -0.4 is 5.32 Å². The van der Waals surface area contributed by atoms with E-state index < -0.39 is 0 Å². The van der Waals surface area contributed by atoms with Crippen molar-refractivity contribution in [2.24, 2.45) is 5.92 Å². The number of piperidine rings is 1. The second-order valence-corrected chi connectivity index (χ2v) is 7.06. The molecule has 1 fully saturated rings. The minimum atomic E-state index is 0.00939. The lowest BCUT2D eigenvalue weighted by atomic mass is 9.97. The first-order valence-corrected chi connectivity index (χ1v) is 9.62. The summed E-state index contributed by atoms with van der Waals surface area (Å²) in [7, 11) is 0. The summed E-state index contributed by atoms with van der Waals surface area (Å²) in [6.45, 7) is 3.75. The Morgan fingerprint density at radius 3 is 3.04 bits per heavy atom. The summed E-state index contributed by atoms with van der Waals surface area (Å²) in [5, 5.41) is 18.5. The molecule has 1 aliphatic heterocycles. The maximum Gasteiger partial charge on any atom is 0.228 e. The van der Waals surface area contributed by atoms with Gasteiger partial charge in [0.2, 0.25) is 5.91 Å². The molecule has 0 saturated carbocycles. The van der Waals surface area contributed by atoms with Gasteiger partial charge in [0.15, 0.2) is 0 Å². The summed E-state index contributed by atoms with van der Waals surface area (Å²) in [5.74, 6) is 0.0841. The third kappa shape index (κ3) is 4.61. The first-order valence-electron chi connectivity index (χ1n) is 9.62. The zero-order valence-electron chi connectivity index (χ0n) is 15.7. The van der Waals surface area contributed by atoms with Crippen molar-refractivity contribution >= 4 is 11.6 Å². The largest absolute Gasteiger partial charge is 0.326 e. The normalized spacial score (nSPS) is 17.5. The maximum atomic E-state index is 12.8. The number of tetrazole rings is 1. The Labute approximate surface area is 163 Å². The number of hydrogen-bond donors (Lipinski definition) is 1. The summed E-state index contributed by atoms with van der Waals surface area (Å²) < 4.78 is 3.52. The molecule has 28 heavy (non-hydrogen) atoms. The van der Waals surface area contributed by atoms with Gasteiger partial charge >= 0.3 is 0 Å². The van der Waals surface area contributed by atoms with Gasteiger partial charge in [0.1, 0.15) is 6.33 Å². The molecule has 2 aromatic heterocycles. The highest BCUT2D eigenvalue weighted by Gasteiger charge is 2.25. The first-order chi connectivity index (χ1) is 13.8. The molecule has 0 spiro atoms. The fourth-order valence-electron chi connectivity index (χ4n) is 3.61. The molecule has 9 heteroatoms. The van der Waals surface area contributed by atoms with Gasteiger partial charge in [0.25, 0.3) is 0 Å². The van der Waals surface area contributed by atoms with Gasteiger partial charge in [-0.1, -0.05) is 6.07 Å². The Bertz CT molecular complexity index is 877. The van der Waals surface area contributed by atoms with Crippen molar-refractivity contribution in [3.8, 4) is 5.69 Å². The summed E-state index contributed by atoms with van der Waals surface area (Å²) in [6.07, 6.45) is 8.32. The molecular weight excluding hydrogens is 356 g/mol. The van der Waals surface area contributed by atoms with Crippen LogP contribution in [0.5, 0.6) is 0 Å². The Morgan fingerprint density at radius 2 is 2.21 bits per heavy atom. The lowest BCUT2D eigenvalue weighted by Gasteiger charge is -2.32. The van der Waals surface area contributed by atoms with E-state index in [1.165, 1.54) is 6.33 Å². The van der Waals surface area contributed by atoms with Crippen molar-refractivity contribution in [1.29, 1.82) is 0 Å². The third-order valence-corrected chi connectivity index (χ3v) is 5.02. The summed E-state index contributed by atoms with van der Waals surface area (Å²) in [4.78, 5) is 15.2. The highest BCUT2D eigenvalue weighted by Crippen LogP contribution is 2.20. The van der Waals surface area contributed by atoms with Crippen LogP contribution in [0.25, 0.3) is 5.69 Å². The van der Waals surface area contributed by atoms with E-state index in [9.17, 15) is 4.79 Å². The Morgan fingerprint density at radius 1 is 1.25 bits per heavy atom. The van der Waals surface area contributed by atoms with Crippen LogP contribution in [0.1, 0.15) is 19.3 Å². The lowest BCUT2D eigenvalue weighted by Crippen LogP contribution is -2.41. The average Bonchev–Trinajstić information content (AvgIpc) is 3.43. The molecule has 3 aromatic rings. The Balaban J connectivity index is 1.30. The molecule has 1 saturated heterocycles. The van der Waals surface area contributed by atoms with E-state index in [0.717, 1.165) is 56.8 Å². The number of amides is 1. The van der Waals surface area contributed by atoms with Crippen LogP contribution in [-0.2, 0) is 11.3 Å². The van der Waals surface area contributed by atoms with Crippen LogP contribution in [0.15, 0.2) is 49.1 Å². The van der Waals surface area contributed by atoms with Crippen LogP contribution in [0.2, 0.25) is 0 Å². The number of aromatic nitrogens is 6. The van der Waals surface area contributed by atoms with Gasteiger partial charge in [-0.2, -0.15) is 5.10 Å². The number of likely N-dealkylation sites (tertiary alicyclic amines) is 1. The van der Waals surface area contributed by atoms with Crippen LogP contribution >= 0.6 is 0 Å². The van der Waals surface area contributed by atoms with E-state index in [-0.39, 0.29) is 11.8 Å². The quantitative estimate of drug-likeness (QED) is 0.669. The number of nitrogens with zero attached hydrogens (tertiary/aromatic N) is 7. The van der Waals surface area contributed by atoms with Crippen molar-refractivity contribution in [2.75, 3.05) is 25.0 Å². The van der Waals surface area contributed by atoms with Crippen LogP contribution in [0.3, 0.4) is 0 Å². The van der Waals surface area contributed by atoms with Crippen LogP contribution in [0.4, 0.5) is 5.69 Å². The van der Waals surface area contributed by atoms with Crippen LogP contribution in [0, 0.1) is 5.92 Å². The smallest absolute Gasteiger partial charge is 0.228 e. The standard InChI is InChI=1S/C19H24N8O/c28-19(22-17-6-1-7-18(13-17)27-15-20-23-24-27)16-5-2-9-25(14-16)10-4-12-26-11-3-8-21-26/h1,3,6-8,11,13,15-16H,2,4-5,9-10,12,14H2,(H,22,28).